The summed E-state index contributed by atoms with van der Waals surface area (Å²) >= 11 is 0. The number of amides is 2. The molecule has 3 aromatic rings. The average Bonchev–Trinajstić information content (AvgIpc) is 3.17. The van der Waals surface area contributed by atoms with Gasteiger partial charge >= 0.3 is 6.03 Å². The molecule has 28 heavy (non-hydrogen) atoms. The number of H-pyrrole nitrogens is 1. The lowest BCUT2D eigenvalue weighted by atomic mass is 9.96. The van der Waals surface area contributed by atoms with Crippen LogP contribution in [0.4, 0.5) is 10.5 Å². The zero-order valence-corrected chi connectivity index (χ0v) is 16.1. The largest absolute Gasteiger partial charge is 0.497 e. The molecule has 7 heteroatoms. The minimum atomic E-state index is -0.113. The third-order valence-corrected chi connectivity index (χ3v) is 5.18. The number of methoxy groups -OCH3 is 2. The molecular formula is C21H24N4O3. The maximum atomic E-state index is 12.7. The van der Waals surface area contributed by atoms with Gasteiger partial charge in [0, 0.05) is 42.9 Å². The van der Waals surface area contributed by atoms with Gasteiger partial charge in [-0.2, -0.15) is 0 Å². The smallest absolute Gasteiger partial charge is 0.321 e. The third kappa shape index (κ3) is 3.74. The second-order valence-corrected chi connectivity index (χ2v) is 6.93. The molecule has 1 aliphatic rings. The molecule has 2 aromatic carbocycles. The molecule has 146 valence electrons. The summed E-state index contributed by atoms with van der Waals surface area (Å²) in [6, 6.07) is 13.3. The molecule has 1 fully saturated rings. The Morgan fingerprint density at radius 2 is 1.79 bits per heavy atom. The van der Waals surface area contributed by atoms with Gasteiger partial charge in [0.1, 0.15) is 17.3 Å². The Labute approximate surface area is 163 Å². The van der Waals surface area contributed by atoms with Crippen LogP contribution in [0.15, 0.2) is 42.5 Å². The summed E-state index contributed by atoms with van der Waals surface area (Å²) in [5, 5.41) is 2.94. The van der Waals surface area contributed by atoms with Crippen LogP contribution in [0.1, 0.15) is 24.6 Å². The van der Waals surface area contributed by atoms with Crippen LogP contribution in [0.5, 0.6) is 11.5 Å². The maximum Gasteiger partial charge on any atom is 0.321 e. The van der Waals surface area contributed by atoms with Crippen molar-refractivity contribution in [1.29, 1.82) is 0 Å². The second kappa shape index (κ2) is 7.80. The third-order valence-electron chi connectivity index (χ3n) is 5.18. The second-order valence-electron chi connectivity index (χ2n) is 6.93. The van der Waals surface area contributed by atoms with Crippen LogP contribution >= 0.6 is 0 Å². The Hall–Kier alpha value is -3.22. The van der Waals surface area contributed by atoms with Crippen molar-refractivity contribution in [1.82, 2.24) is 14.9 Å². The van der Waals surface area contributed by atoms with Crippen molar-refractivity contribution in [3.63, 3.8) is 0 Å². The van der Waals surface area contributed by atoms with E-state index in [0.717, 1.165) is 29.7 Å². The number of fused-ring (bicyclic) bond motifs is 1. The first-order valence-electron chi connectivity index (χ1n) is 9.40. The van der Waals surface area contributed by atoms with E-state index in [-0.39, 0.29) is 6.03 Å². The van der Waals surface area contributed by atoms with E-state index in [1.807, 2.05) is 29.2 Å². The predicted molar refractivity (Wildman–Crippen MR) is 108 cm³/mol. The molecule has 0 saturated carbocycles. The molecule has 1 aromatic heterocycles. The number of hydrogen-bond donors (Lipinski definition) is 2. The average molecular weight is 380 g/mol. The number of piperidine rings is 1. The number of urea groups is 1. The van der Waals surface area contributed by atoms with E-state index >= 15 is 0 Å². The van der Waals surface area contributed by atoms with Crippen molar-refractivity contribution < 1.29 is 14.3 Å². The lowest BCUT2D eigenvalue weighted by molar-refractivity contribution is 0.193. The van der Waals surface area contributed by atoms with Gasteiger partial charge in [-0.05, 0) is 25.0 Å². The monoisotopic (exact) mass is 380 g/mol. The molecule has 0 unspecified atom stereocenters. The topological polar surface area (TPSA) is 79.5 Å². The number of nitrogens with zero attached hydrogens (tertiary/aromatic N) is 2. The number of likely N-dealkylation sites (tertiary alicyclic amines) is 1. The summed E-state index contributed by atoms with van der Waals surface area (Å²) in [5.74, 6) is 2.63. The van der Waals surface area contributed by atoms with Gasteiger partial charge in [0.15, 0.2) is 0 Å². The van der Waals surface area contributed by atoms with Gasteiger partial charge in [-0.3, -0.25) is 0 Å². The summed E-state index contributed by atoms with van der Waals surface area (Å²) in [7, 11) is 3.17. The number of hydrogen-bond acceptors (Lipinski definition) is 4. The molecule has 0 radical (unpaired) electrons. The molecule has 1 saturated heterocycles. The van der Waals surface area contributed by atoms with Crippen LogP contribution in [-0.2, 0) is 0 Å². The molecule has 0 spiro atoms. The van der Waals surface area contributed by atoms with Gasteiger partial charge in [-0.1, -0.05) is 12.1 Å². The normalized spacial score (nSPS) is 14.9. The van der Waals surface area contributed by atoms with Gasteiger partial charge < -0.3 is 24.7 Å². The van der Waals surface area contributed by atoms with Crippen molar-refractivity contribution in [3.8, 4) is 11.5 Å². The fourth-order valence-corrected chi connectivity index (χ4v) is 3.60. The van der Waals surface area contributed by atoms with E-state index in [2.05, 4.69) is 10.3 Å². The molecular weight excluding hydrogens is 356 g/mol. The molecule has 7 nitrogen and oxygen atoms in total. The minimum absolute atomic E-state index is 0.113. The molecule has 2 N–H and O–H groups in total. The number of carbonyl (C=O) groups excluding carboxylic acids is 1. The predicted octanol–water partition coefficient (Wildman–Crippen LogP) is 3.99. The number of anilines is 1. The van der Waals surface area contributed by atoms with Gasteiger partial charge in [0.05, 0.1) is 25.3 Å². The Morgan fingerprint density at radius 3 is 2.43 bits per heavy atom. The van der Waals surface area contributed by atoms with Crippen molar-refractivity contribution in [3.05, 3.63) is 48.3 Å². The van der Waals surface area contributed by atoms with Gasteiger partial charge in [-0.15, -0.1) is 0 Å². The fraction of sp³-hybridized carbons (Fsp3) is 0.333. The fourth-order valence-electron chi connectivity index (χ4n) is 3.60. The molecule has 0 bridgehead atoms. The highest BCUT2D eigenvalue weighted by Crippen LogP contribution is 2.29. The Balaban J connectivity index is 1.38. The van der Waals surface area contributed by atoms with Crippen LogP contribution in [0.3, 0.4) is 0 Å². The zero-order chi connectivity index (χ0) is 19.5. The lowest BCUT2D eigenvalue weighted by Gasteiger charge is -2.31. The Morgan fingerprint density at radius 1 is 1.11 bits per heavy atom. The first kappa shape index (κ1) is 18.2. The van der Waals surface area contributed by atoms with E-state index in [9.17, 15) is 4.79 Å². The number of aromatic amines is 1. The van der Waals surface area contributed by atoms with E-state index in [1.54, 1.807) is 32.4 Å². The highest BCUT2D eigenvalue weighted by Gasteiger charge is 2.26. The van der Waals surface area contributed by atoms with E-state index in [4.69, 9.17) is 14.5 Å². The Kier molecular flexibility index (Phi) is 5.06. The number of nitrogens with one attached hydrogen (secondary N) is 2. The summed E-state index contributed by atoms with van der Waals surface area (Å²) < 4.78 is 10.5. The van der Waals surface area contributed by atoms with Crippen LogP contribution in [-0.4, -0.2) is 48.2 Å². The number of para-hydroxylation sites is 2. The number of imidazole rings is 1. The van der Waals surface area contributed by atoms with E-state index < -0.39 is 0 Å². The number of carbonyl (C=O) groups is 1. The highest BCUT2D eigenvalue weighted by atomic mass is 16.5. The number of benzene rings is 2. The first-order chi connectivity index (χ1) is 13.7. The van der Waals surface area contributed by atoms with Crippen LogP contribution in [0.2, 0.25) is 0 Å². The summed E-state index contributed by atoms with van der Waals surface area (Å²) in [4.78, 5) is 22.6. The van der Waals surface area contributed by atoms with Crippen molar-refractivity contribution in [2.24, 2.45) is 0 Å². The standard InChI is InChI=1S/C21H24N4O3/c1-27-16-11-15(12-17(13-16)28-2)22-21(26)25-9-7-14(8-10-25)20-23-18-5-3-4-6-19(18)24-20/h3-6,11-14H,7-10H2,1-2H3,(H,22,26)(H,23,24). The molecule has 0 atom stereocenters. The lowest BCUT2D eigenvalue weighted by Crippen LogP contribution is -2.40. The van der Waals surface area contributed by atoms with Crippen LogP contribution in [0, 0.1) is 0 Å². The van der Waals surface area contributed by atoms with E-state index in [0.29, 0.717) is 36.2 Å². The van der Waals surface area contributed by atoms with E-state index in [1.165, 1.54) is 0 Å². The number of rotatable bonds is 4. The van der Waals surface area contributed by atoms with Gasteiger partial charge in [0.25, 0.3) is 0 Å². The quantitative estimate of drug-likeness (QED) is 0.717. The number of aromatic nitrogens is 2. The van der Waals surface area contributed by atoms with Gasteiger partial charge in [0.2, 0.25) is 0 Å². The SMILES string of the molecule is COc1cc(NC(=O)N2CCC(c3nc4ccccc4[nH]3)CC2)cc(OC)c1. The molecule has 0 aliphatic carbocycles. The van der Waals surface area contributed by atoms with Gasteiger partial charge in [-0.25, -0.2) is 9.78 Å². The minimum Gasteiger partial charge on any atom is -0.497 e. The molecule has 2 heterocycles. The highest BCUT2D eigenvalue weighted by molar-refractivity contribution is 5.90. The summed E-state index contributed by atoms with van der Waals surface area (Å²) in [6.45, 7) is 1.38. The molecule has 1 aliphatic heterocycles. The number of ether oxygens (including phenoxy) is 2. The van der Waals surface area contributed by atoms with Crippen LogP contribution < -0.4 is 14.8 Å². The van der Waals surface area contributed by atoms with Crippen molar-refractivity contribution in [2.75, 3.05) is 32.6 Å². The van der Waals surface area contributed by atoms with Crippen LogP contribution in [0.25, 0.3) is 11.0 Å². The molecule has 2 amide bonds. The molecule has 4 rings (SSSR count). The Bertz CT molecular complexity index is 921. The maximum absolute atomic E-state index is 12.7. The van der Waals surface area contributed by atoms with Crippen molar-refractivity contribution in [2.45, 2.75) is 18.8 Å². The summed E-state index contributed by atoms with van der Waals surface area (Å²) in [5.41, 5.74) is 2.70. The first-order valence-corrected chi connectivity index (χ1v) is 9.40. The zero-order valence-electron chi connectivity index (χ0n) is 16.1. The summed E-state index contributed by atoms with van der Waals surface area (Å²) in [6.07, 6.45) is 1.77. The van der Waals surface area contributed by atoms with Crippen molar-refractivity contribution >= 4 is 22.8 Å².